The van der Waals surface area contributed by atoms with Crippen molar-refractivity contribution in [3.8, 4) is 22.5 Å². The van der Waals surface area contributed by atoms with Crippen molar-refractivity contribution >= 4 is 11.6 Å². The number of aromatic amines is 1. The van der Waals surface area contributed by atoms with Crippen LogP contribution in [0.25, 0.3) is 22.5 Å². The van der Waals surface area contributed by atoms with Crippen LogP contribution < -0.4 is 51.4 Å². The maximum Gasteiger partial charge on any atom is 1.00 e. The summed E-state index contributed by atoms with van der Waals surface area (Å²) in [6.45, 7) is 2.63. The first-order valence-corrected chi connectivity index (χ1v) is 10.4. The third kappa shape index (κ3) is 5.51. The van der Waals surface area contributed by atoms with Gasteiger partial charge < -0.3 is 11.1 Å². The van der Waals surface area contributed by atoms with Gasteiger partial charge in [-0.1, -0.05) is 73.5 Å². The average Bonchev–Trinajstić information content (AvgIpc) is 3.41. The molecule has 0 fully saturated rings. The summed E-state index contributed by atoms with van der Waals surface area (Å²) in [7, 11) is 0. The fraction of sp³-hybridized carbons (Fsp3) is 0.273. The Bertz CT molecular complexity index is 1120. The van der Waals surface area contributed by atoms with Crippen LogP contribution in [0.1, 0.15) is 38.3 Å². The Morgan fingerprint density at radius 2 is 1.84 bits per heavy atom. The molecule has 0 radical (unpaired) electrons. The van der Waals surface area contributed by atoms with Gasteiger partial charge in [0.2, 0.25) is 5.82 Å². The predicted molar refractivity (Wildman–Crippen MR) is 117 cm³/mol. The average molecular weight is 463 g/mol. The van der Waals surface area contributed by atoms with Crippen LogP contribution >= 0.6 is 11.6 Å². The number of H-pyrrole nitrogens is 1. The van der Waals surface area contributed by atoms with Crippen LogP contribution in [0.4, 0.5) is 0 Å². The van der Waals surface area contributed by atoms with Gasteiger partial charge in [-0.05, 0) is 28.3 Å². The number of aliphatic hydroxyl groups excluding tert-OH is 1. The maximum atomic E-state index is 9.77. The first-order valence-electron chi connectivity index (χ1n) is 9.98. The summed E-state index contributed by atoms with van der Waals surface area (Å²) in [5, 5.41) is 24.5. The number of aromatic nitrogens is 6. The van der Waals surface area contributed by atoms with E-state index in [9.17, 15) is 5.11 Å². The van der Waals surface area contributed by atoms with Crippen molar-refractivity contribution in [2.75, 3.05) is 0 Å². The standard InChI is InChI=1S/C22H23ClN6O.K.H/c1-2-3-8-20-24-21(23)19(14-30)29(20)13-15-9-11-16(12-10-15)17-6-4-5-7-18(17)22-25-27-28-26-22;;/h4-7,9-12,30H,2-3,8,13-14H2,1H3,(H,25,26,27,28);;/q;+1;-1. The van der Waals surface area contributed by atoms with Gasteiger partial charge in [-0.25, -0.2) is 4.98 Å². The fourth-order valence-electron chi connectivity index (χ4n) is 3.55. The molecule has 31 heavy (non-hydrogen) atoms. The Kier molecular flexibility index (Phi) is 8.97. The van der Waals surface area contributed by atoms with Crippen LogP contribution in [-0.2, 0) is 19.6 Å². The number of nitrogens with zero attached hydrogens (tertiary/aromatic N) is 5. The molecule has 0 aliphatic carbocycles. The van der Waals surface area contributed by atoms with Crippen LogP contribution in [-0.4, -0.2) is 35.3 Å². The molecule has 0 aliphatic rings. The van der Waals surface area contributed by atoms with Gasteiger partial charge in [-0.3, -0.25) is 0 Å². The number of unbranched alkanes of at least 4 members (excludes halogenated alkanes) is 1. The number of aryl methyl sites for hydroxylation is 1. The quantitative estimate of drug-likeness (QED) is 0.386. The number of nitrogens with one attached hydrogen (secondary N) is 1. The number of hydrogen-bond donors (Lipinski definition) is 2. The molecule has 0 unspecified atom stereocenters. The first-order chi connectivity index (χ1) is 14.7. The number of hydrogen-bond acceptors (Lipinski definition) is 5. The molecule has 0 saturated heterocycles. The van der Waals surface area contributed by atoms with E-state index >= 15 is 0 Å². The molecule has 2 aromatic heterocycles. The molecule has 0 spiro atoms. The summed E-state index contributed by atoms with van der Waals surface area (Å²) in [6.07, 6.45) is 2.95. The third-order valence-corrected chi connectivity index (χ3v) is 5.43. The van der Waals surface area contributed by atoms with Gasteiger partial charge in [-0.2, -0.15) is 5.21 Å². The Hall–Kier alpha value is -1.39. The smallest absolute Gasteiger partial charge is 1.00 e. The number of benzene rings is 2. The normalized spacial score (nSPS) is 10.8. The molecule has 0 amide bonds. The minimum absolute atomic E-state index is 0. The molecular weight excluding hydrogens is 439 g/mol. The number of imidazole rings is 1. The number of rotatable bonds is 8. The molecule has 0 atom stereocenters. The summed E-state index contributed by atoms with van der Waals surface area (Å²) in [6, 6.07) is 16.3. The molecule has 2 N–H and O–H groups in total. The van der Waals surface area contributed by atoms with E-state index in [1.807, 2.05) is 28.8 Å². The van der Waals surface area contributed by atoms with Crippen LogP contribution in [0.15, 0.2) is 48.5 Å². The van der Waals surface area contributed by atoms with E-state index in [1.54, 1.807) is 0 Å². The minimum atomic E-state index is -0.131. The molecule has 0 aliphatic heterocycles. The van der Waals surface area contributed by atoms with Crippen molar-refractivity contribution in [3.05, 3.63) is 70.8 Å². The van der Waals surface area contributed by atoms with Gasteiger partial charge in [0.15, 0.2) is 5.15 Å². The van der Waals surface area contributed by atoms with E-state index in [4.69, 9.17) is 11.6 Å². The fourth-order valence-corrected chi connectivity index (χ4v) is 3.81. The van der Waals surface area contributed by atoms with E-state index in [2.05, 4.69) is 56.8 Å². The summed E-state index contributed by atoms with van der Waals surface area (Å²) in [5.41, 5.74) is 4.80. The van der Waals surface area contributed by atoms with Gasteiger partial charge >= 0.3 is 51.4 Å². The van der Waals surface area contributed by atoms with Crippen molar-refractivity contribution in [1.29, 1.82) is 0 Å². The van der Waals surface area contributed by atoms with E-state index in [-0.39, 0.29) is 59.4 Å². The SMILES string of the molecule is CCCCc1nc(Cl)c(CO)n1Cc1ccc(-c2ccccc2-c2nn[nH]n2)cc1.[H-].[K+]. The molecular formula is C22H24ClKN6O. The van der Waals surface area contributed by atoms with Crippen LogP contribution in [0, 0.1) is 0 Å². The second-order valence-electron chi connectivity index (χ2n) is 7.09. The van der Waals surface area contributed by atoms with Gasteiger partial charge in [0, 0.05) is 18.5 Å². The zero-order valence-corrected chi connectivity index (χ0v) is 21.6. The molecule has 0 bridgehead atoms. The number of halogens is 1. The Balaban J connectivity index is 0.00000181. The predicted octanol–water partition coefficient (Wildman–Crippen LogP) is 1.38. The van der Waals surface area contributed by atoms with E-state index in [0.29, 0.717) is 23.2 Å². The molecule has 156 valence electrons. The minimum Gasteiger partial charge on any atom is -1.00 e. The van der Waals surface area contributed by atoms with Crippen LogP contribution in [0.5, 0.6) is 0 Å². The molecule has 7 nitrogen and oxygen atoms in total. The third-order valence-electron chi connectivity index (χ3n) is 5.13. The van der Waals surface area contributed by atoms with Crippen LogP contribution in [0.3, 0.4) is 0 Å². The molecule has 2 aromatic carbocycles. The first kappa shape index (κ1) is 24.3. The van der Waals surface area contributed by atoms with Gasteiger partial charge in [-0.15, -0.1) is 10.2 Å². The second-order valence-corrected chi connectivity index (χ2v) is 7.45. The Morgan fingerprint density at radius 1 is 1.10 bits per heavy atom. The zero-order valence-electron chi connectivity index (χ0n) is 18.7. The topological polar surface area (TPSA) is 92.5 Å². The van der Waals surface area contributed by atoms with Crippen molar-refractivity contribution in [3.63, 3.8) is 0 Å². The molecule has 4 aromatic rings. The van der Waals surface area contributed by atoms with Crippen LogP contribution in [0.2, 0.25) is 5.15 Å². The van der Waals surface area contributed by atoms with Crippen molar-refractivity contribution in [1.82, 2.24) is 30.2 Å². The van der Waals surface area contributed by atoms with Crippen molar-refractivity contribution in [2.45, 2.75) is 39.3 Å². The molecule has 0 saturated carbocycles. The van der Waals surface area contributed by atoms with Gasteiger partial charge in [0.1, 0.15) is 5.82 Å². The monoisotopic (exact) mass is 462 g/mol. The van der Waals surface area contributed by atoms with Crippen molar-refractivity contribution in [2.24, 2.45) is 0 Å². The summed E-state index contributed by atoms with van der Waals surface area (Å²) in [4.78, 5) is 4.47. The van der Waals surface area contributed by atoms with E-state index in [1.165, 1.54) is 0 Å². The van der Waals surface area contributed by atoms with Gasteiger partial charge in [0.25, 0.3) is 0 Å². The summed E-state index contributed by atoms with van der Waals surface area (Å²) < 4.78 is 2.03. The summed E-state index contributed by atoms with van der Waals surface area (Å²) in [5.74, 6) is 1.48. The Labute approximate surface area is 230 Å². The maximum absolute atomic E-state index is 9.77. The molecule has 4 rings (SSSR count). The van der Waals surface area contributed by atoms with Crippen molar-refractivity contribution < 1.29 is 57.9 Å². The number of tetrazole rings is 1. The summed E-state index contributed by atoms with van der Waals surface area (Å²) >= 11 is 6.26. The number of aliphatic hydroxyl groups is 1. The molecule has 2 heterocycles. The molecule has 9 heteroatoms. The zero-order chi connectivity index (χ0) is 20.9. The Morgan fingerprint density at radius 3 is 2.48 bits per heavy atom. The second kappa shape index (κ2) is 11.5. The van der Waals surface area contributed by atoms with E-state index < -0.39 is 0 Å². The van der Waals surface area contributed by atoms with Gasteiger partial charge in [0.05, 0.1) is 12.3 Å². The largest absolute Gasteiger partial charge is 1.00 e. The van der Waals surface area contributed by atoms with E-state index in [0.717, 1.165) is 47.3 Å².